The van der Waals surface area contributed by atoms with Gasteiger partial charge in [0.05, 0.1) is 27.1 Å². The van der Waals surface area contributed by atoms with E-state index in [1.54, 1.807) is 51.7 Å². The Bertz CT molecular complexity index is 850. The van der Waals surface area contributed by atoms with Crippen LogP contribution in [-0.4, -0.2) is 32.6 Å². The molecule has 1 heterocycles. The Hall–Kier alpha value is -3.02. The van der Waals surface area contributed by atoms with Gasteiger partial charge in [-0.15, -0.1) is 0 Å². The molecule has 0 saturated carbocycles. The molecule has 2 atom stereocenters. The van der Waals surface area contributed by atoms with E-state index >= 15 is 0 Å². The summed E-state index contributed by atoms with van der Waals surface area (Å²) < 4.78 is 21.4. The summed E-state index contributed by atoms with van der Waals surface area (Å²) in [7, 11) is 3.11. The van der Waals surface area contributed by atoms with Crippen molar-refractivity contribution in [1.82, 2.24) is 0 Å². The van der Waals surface area contributed by atoms with Gasteiger partial charge in [-0.1, -0.05) is 6.07 Å². The van der Waals surface area contributed by atoms with Crippen LogP contribution in [0, 0.1) is 5.92 Å². The van der Waals surface area contributed by atoms with Crippen molar-refractivity contribution in [3.63, 3.8) is 0 Å². The molecule has 0 amide bonds. The van der Waals surface area contributed by atoms with Crippen molar-refractivity contribution in [3.8, 4) is 11.5 Å². The van der Waals surface area contributed by atoms with Crippen LogP contribution in [0.25, 0.3) is 5.57 Å². The van der Waals surface area contributed by atoms with Crippen LogP contribution in [0.1, 0.15) is 30.6 Å². The second-order valence-electron chi connectivity index (χ2n) is 6.20. The van der Waals surface area contributed by atoms with E-state index in [9.17, 15) is 9.59 Å². The quantitative estimate of drug-likeness (QED) is 0.571. The molecule has 0 aliphatic heterocycles. The summed E-state index contributed by atoms with van der Waals surface area (Å²) in [5, 5.41) is 0. The van der Waals surface area contributed by atoms with Gasteiger partial charge in [0.15, 0.2) is 5.78 Å². The normalized spacial score (nSPS) is 19.4. The van der Waals surface area contributed by atoms with Crippen molar-refractivity contribution in [2.75, 3.05) is 20.8 Å². The maximum Gasteiger partial charge on any atom is 0.317 e. The molecule has 3 rings (SSSR count). The summed E-state index contributed by atoms with van der Waals surface area (Å²) in [5.41, 5.74) is 1.50. The number of rotatable bonds is 6. The fourth-order valence-corrected chi connectivity index (χ4v) is 3.43. The van der Waals surface area contributed by atoms with Crippen molar-refractivity contribution in [2.45, 2.75) is 19.3 Å². The summed E-state index contributed by atoms with van der Waals surface area (Å²) in [5.74, 6) is -0.375. The fourth-order valence-electron chi connectivity index (χ4n) is 3.43. The van der Waals surface area contributed by atoms with Crippen LogP contribution in [0.15, 0.2) is 47.1 Å². The van der Waals surface area contributed by atoms with E-state index in [1.165, 1.54) is 6.08 Å². The van der Waals surface area contributed by atoms with E-state index < -0.39 is 17.8 Å². The molecule has 1 aliphatic carbocycles. The zero-order valence-electron chi connectivity index (χ0n) is 15.6. The van der Waals surface area contributed by atoms with Gasteiger partial charge in [0.1, 0.15) is 23.2 Å². The standard InChI is InChI=1S/C21H22O6/c1-4-26-21(23)20-16(15-8-7-14(24-2)12-19(15)25-3)10-13(11-17(20)22)18-6-5-9-27-18/h5-9,11-12,16,20H,4,10H2,1-3H3/t16-,20-/m0/s1. The number of ketones is 1. The third-order valence-corrected chi connectivity index (χ3v) is 4.68. The number of carbonyl (C=O) groups is 2. The minimum Gasteiger partial charge on any atom is -0.497 e. The predicted octanol–water partition coefficient (Wildman–Crippen LogP) is 3.62. The molecule has 0 radical (unpaired) electrons. The second-order valence-corrected chi connectivity index (χ2v) is 6.20. The molecule has 27 heavy (non-hydrogen) atoms. The fraction of sp³-hybridized carbons (Fsp3) is 0.333. The molecule has 1 aliphatic rings. The van der Waals surface area contributed by atoms with E-state index in [0.29, 0.717) is 23.7 Å². The van der Waals surface area contributed by atoms with Crippen LogP contribution < -0.4 is 9.47 Å². The average Bonchev–Trinajstić information content (AvgIpc) is 3.21. The lowest BCUT2D eigenvalue weighted by molar-refractivity contribution is -0.151. The number of furan rings is 1. The van der Waals surface area contributed by atoms with Crippen LogP contribution in [0.5, 0.6) is 11.5 Å². The molecular weight excluding hydrogens is 348 g/mol. The number of methoxy groups -OCH3 is 2. The van der Waals surface area contributed by atoms with Crippen LogP contribution in [0.4, 0.5) is 0 Å². The summed E-state index contributed by atoms with van der Waals surface area (Å²) in [4.78, 5) is 25.4. The Morgan fingerprint density at radius 3 is 2.67 bits per heavy atom. The lowest BCUT2D eigenvalue weighted by atomic mass is 9.74. The molecule has 1 aromatic heterocycles. The van der Waals surface area contributed by atoms with Gasteiger partial charge >= 0.3 is 5.97 Å². The molecule has 0 fully saturated rings. The van der Waals surface area contributed by atoms with E-state index in [4.69, 9.17) is 18.6 Å². The summed E-state index contributed by atoms with van der Waals surface area (Å²) in [6.07, 6.45) is 3.49. The number of carbonyl (C=O) groups excluding carboxylic acids is 2. The highest BCUT2D eigenvalue weighted by Crippen LogP contribution is 2.44. The highest BCUT2D eigenvalue weighted by Gasteiger charge is 2.41. The highest BCUT2D eigenvalue weighted by atomic mass is 16.5. The van der Waals surface area contributed by atoms with Gasteiger partial charge < -0.3 is 18.6 Å². The maximum absolute atomic E-state index is 12.8. The molecular formula is C21H22O6. The van der Waals surface area contributed by atoms with E-state index in [0.717, 1.165) is 11.1 Å². The average molecular weight is 370 g/mol. The maximum atomic E-state index is 12.8. The zero-order chi connectivity index (χ0) is 19.4. The lowest BCUT2D eigenvalue weighted by Gasteiger charge is -2.29. The highest BCUT2D eigenvalue weighted by molar-refractivity contribution is 6.10. The molecule has 142 valence electrons. The lowest BCUT2D eigenvalue weighted by Crippen LogP contribution is -2.34. The van der Waals surface area contributed by atoms with Crippen molar-refractivity contribution >= 4 is 17.3 Å². The third-order valence-electron chi connectivity index (χ3n) is 4.68. The topological polar surface area (TPSA) is 75.0 Å². The molecule has 6 heteroatoms. The van der Waals surface area contributed by atoms with Gasteiger partial charge in [0, 0.05) is 12.0 Å². The molecule has 0 saturated heterocycles. The van der Waals surface area contributed by atoms with Crippen molar-refractivity contribution in [3.05, 3.63) is 54.0 Å². The number of benzene rings is 1. The van der Waals surface area contributed by atoms with Crippen LogP contribution in [0.3, 0.4) is 0 Å². The Kier molecular flexibility index (Phi) is 5.64. The predicted molar refractivity (Wildman–Crippen MR) is 98.7 cm³/mol. The first-order valence-electron chi connectivity index (χ1n) is 8.75. The van der Waals surface area contributed by atoms with Crippen molar-refractivity contribution < 1.29 is 28.2 Å². The van der Waals surface area contributed by atoms with Gasteiger partial charge in [-0.3, -0.25) is 9.59 Å². The van der Waals surface area contributed by atoms with E-state index in [1.807, 2.05) is 6.07 Å². The Labute approximate surface area is 157 Å². The van der Waals surface area contributed by atoms with Crippen LogP contribution >= 0.6 is 0 Å². The van der Waals surface area contributed by atoms with E-state index in [2.05, 4.69) is 0 Å². The smallest absolute Gasteiger partial charge is 0.317 e. The summed E-state index contributed by atoms with van der Waals surface area (Å²) >= 11 is 0. The van der Waals surface area contributed by atoms with Gasteiger partial charge in [-0.05, 0) is 48.8 Å². The van der Waals surface area contributed by atoms with Gasteiger partial charge in [-0.2, -0.15) is 0 Å². The molecule has 1 aromatic carbocycles. The molecule has 0 spiro atoms. The van der Waals surface area contributed by atoms with Crippen LogP contribution in [-0.2, 0) is 14.3 Å². The van der Waals surface area contributed by atoms with Gasteiger partial charge in [0.2, 0.25) is 0 Å². The third kappa shape index (κ3) is 3.74. The first-order valence-corrected chi connectivity index (χ1v) is 8.75. The van der Waals surface area contributed by atoms with Gasteiger partial charge in [0.25, 0.3) is 0 Å². The number of esters is 1. The van der Waals surface area contributed by atoms with Crippen LogP contribution in [0.2, 0.25) is 0 Å². The molecule has 2 aromatic rings. The number of ether oxygens (including phenoxy) is 3. The van der Waals surface area contributed by atoms with E-state index in [-0.39, 0.29) is 12.4 Å². The Morgan fingerprint density at radius 1 is 1.22 bits per heavy atom. The molecule has 6 nitrogen and oxygen atoms in total. The number of hydrogen-bond donors (Lipinski definition) is 0. The second kappa shape index (κ2) is 8.12. The Morgan fingerprint density at radius 2 is 2.04 bits per heavy atom. The minimum atomic E-state index is -0.925. The monoisotopic (exact) mass is 370 g/mol. The first kappa shape index (κ1) is 18.8. The summed E-state index contributed by atoms with van der Waals surface area (Å²) in [6, 6.07) is 8.92. The van der Waals surface area contributed by atoms with Crippen molar-refractivity contribution in [1.29, 1.82) is 0 Å². The molecule has 0 bridgehead atoms. The zero-order valence-corrected chi connectivity index (χ0v) is 15.6. The number of allylic oxidation sites excluding steroid dienone is 2. The minimum absolute atomic E-state index is 0.212. The SMILES string of the molecule is CCOC(=O)[C@@H]1C(=O)C=C(c2ccco2)C[C@H]1c1ccc(OC)cc1OC. The largest absolute Gasteiger partial charge is 0.497 e. The molecule has 0 unspecified atom stereocenters. The molecule has 0 N–H and O–H groups in total. The summed E-state index contributed by atoms with van der Waals surface area (Å²) in [6.45, 7) is 1.93. The first-order chi connectivity index (χ1) is 13.1. The van der Waals surface area contributed by atoms with Crippen molar-refractivity contribution in [2.24, 2.45) is 5.92 Å². The van der Waals surface area contributed by atoms with Gasteiger partial charge in [-0.25, -0.2) is 0 Å². The Balaban J connectivity index is 2.07. The number of hydrogen-bond acceptors (Lipinski definition) is 6.